The van der Waals surface area contributed by atoms with E-state index in [1.54, 1.807) is 12.1 Å². The molecular weight excluding hydrogens is 250 g/mol. The third kappa shape index (κ3) is 2.88. The summed E-state index contributed by atoms with van der Waals surface area (Å²) in [6.45, 7) is 3.88. The van der Waals surface area contributed by atoms with E-state index in [-0.39, 0.29) is 5.57 Å². The summed E-state index contributed by atoms with van der Waals surface area (Å²) in [5, 5.41) is 9.43. The fraction of sp³-hybridized carbons (Fsp3) is 0.118. The summed E-state index contributed by atoms with van der Waals surface area (Å²) >= 11 is 0. The Labute approximate surface area is 118 Å². The normalized spacial score (nSPS) is 11.4. The number of hydrogen-bond acceptors (Lipinski definition) is 2. The van der Waals surface area contributed by atoms with E-state index in [2.05, 4.69) is 0 Å². The Morgan fingerprint density at radius 1 is 1.10 bits per heavy atom. The Morgan fingerprint density at radius 3 is 2.30 bits per heavy atom. The molecule has 0 spiro atoms. The first-order valence-electron chi connectivity index (χ1n) is 6.36. The van der Waals surface area contributed by atoms with E-state index in [9.17, 15) is 9.90 Å². The van der Waals surface area contributed by atoms with Gasteiger partial charge in [-0.15, -0.1) is 0 Å². The Bertz CT molecular complexity index is 650. The summed E-state index contributed by atoms with van der Waals surface area (Å²) in [4.78, 5) is 11.5. The molecule has 0 bridgehead atoms. The first kappa shape index (κ1) is 13.9. The van der Waals surface area contributed by atoms with Crippen molar-refractivity contribution in [3.8, 4) is 0 Å². The van der Waals surface area contributed by atoms with Crippen LogP contribution in [-0.2, 0) is 4.79 Å². The lowest BCUT2D eigenvalue weighted by atomic mass is 9.98. The molecule has 0 aliphatic carbocycles. The smallest absolute Gasteiger partial charge is 0.336 e. The molecule has 0 saturated carbocycles. The zero-order valence-corrected chi connectivity index (χ0v) is 11.6. The predicted molar refractivity (Wildman–Crippen MR) is 82.3 cm³/mol. The van der Waals surface area contributed by atoms with Crippen LogP contribution in [0.25, 0.3) is 11.6 Å². The van der Waals surface area contributed by atoms with Gasteiger partial charge in [-0.2, -0.15) is 0 Å². The van der Waals surface area contributed by atoms with Crippen LogP contribution >= 0.6 is 0 Å². The van der Waals surface area contributed by atoms with Gasteiger partial charge >= 0.3 is 5.97 Å². The average molecular weight is 267 g/mol. The number of anilines is 1. The number of rotatable bonds is 3. The Hall–Kier alpha value is -2.55. The lowest BCUT2D eigenvalue weighted by Crippen LogP contribution is -2.01. The van der Waals surface area contributed by atoms with Crippen molar-refractivity contribution in [3.63, 3.8) is 0 Å². The molecule has 0 radical (unpaired) electrons. The number of benzene rings is 2. The van der Waals surface area contributed by atoms with E-state index in [1.165, 1.54) is 0 Å². The maximum absolute atomic E-state index is 11.5. The van der Waals surface area contributed by atoms with E-state index in [1.807, 2.05) is 50.2 Å². The van der Waals surface area contributed by atoms with Gasteiger partial charge in [0.25, 0.3) is 0 Å². The topological polar surface area (TPSA) is 63.3 Å². The highest BCUT2D eigenvalue weighted by Crippen LogP contribution is 2.24. The van der Waals surface area contributed by atoms with Crippen molar-refractivity contribution in [1.82, 2.24) is 0 Å². The largest absolute Gasteiger partial charge is 0.478 e. The highest BCUT2D eigenvalue weighted by atomic mass is 16.4. The van der Waals surface area contributed by atoms with Crippen molar-refractivity contribution < 1.29 is 9.90 Å². The molecule has 0 aliphatic rings. The van der Waals surface area contributed by atoms with Crippen LogP contribution in [0.2, 0.25) is 0 Å². The minimum Gasteiger partial charge on any atom is -0.478 e. The summed E-state index contributed by atoms with van der Waals surface area (Å²) in [5.41, 5.74) is 10.2. The van der Waals surface area contributed by atoms with Crippen LogP contribution in [0.5, 0.6) is 0 Å². The molecule has 3 nitrogen and oxygen atoms in total. The third-order valence-electron chi connectivity index (χ3n) is 3.24. The number of carboxylic acids is 1. The molecule has 0 fully saturated rings. The predicted octanol–water partition coefficient (Wildman–Crippen LogP) is 3.51. The van der Waals surface area contributed by atoms with Gasteiger partial charge < -0.3 is 10.8 Å². The Morgan fingerprint density at radius 2 is 1.75 bits per heavy atom. The molecule has 2 aromatic rings. The monoisotopic (exact) mass is 267 g/mol. The number of carbonyl (C=O) groups is 1. The molecular formula is C17H17NO2. The van der Waals surface area contributed by atoms with Crippen LogP contribution in [0.15, 0.2) is 42.5 Å². The van der Waals surface area contributed by atoms with Crippen molar-refractivity contribution >= 4 is 23.3 Å². The first-order valence-corrected chi connectivity index (χ1v) is 6.36. The van der Waals surface area contributed by atoms with E-state index < -0.39 is 5.97 Å². The molecule has 0 unspecified atom stereocenters. The van der Waals surface area contributed by atoms with Crippen LogP contribution in [0.1, 0.15) is 22.3 Å². The Kier molecular flexibility index (Phi) is 3.89. The van der Waals surface area contributed by atoms with Crippen molar-refractivity contribution in [2.24, 2.45) is 0 Å². The van der Waals surface area contributed by atoms with Gasteiger partial charge in [-0.25, -0.2) is 4.79 Å². The molecule has 0 atom stereocenters. The van der Waals surface area contributed by atoms with Gasteiger partial charge in [0.05, 0.1) is 5.57 Å². The van der Waals surface area contributed by atoms with Gasteiger partial charge in [-0.05, 0) is 37.1 Å². The number of aliphatic carboxylic acids is 1. The van der Waals surface area contributed by atoms with Crippen LogP contribution in [-0.4, -0.2) is 11.1 Å². The van der Waals surface area contributed by atoms with Crippen molar-refractivity contribution in [1.29, 1.82) is 0 Å². The highest BCUT2D eigenvalue weighted by Gasteiger charge is 2.12. The quantitative estimate of drug-likeness (QED) is 0.508. The number of aryl methyl sites for hydroxylation is 2. The summed E-state index contributed by atoms with van der Waals surface area (Å²) in [7, 11) is 0. The van der Waals surface area contributed by atoms with E-state index in [0.29, 0.717) is 11.3 Å². The maximum atomic E-state index is 11.5. The van der Waals surface area contributed by atoms with Crippen molar-refractivity contribution in [2.75, 3.05) is 5.73 Å². The van der Waals surface area contributed by atoms with Gasteiger partial charge in [0.2, 0.25) is 0 Å². The highest BCUT2D eigenvalue weighted by molar-refractivity contribution is 6.21. The molecule has 0 aliphatic heterocycles. The van der Waals surface area contributed by atoms with Gasteiger partial charge in [0.15, 0.2) is 0 Å². The first-order chi connectivity index (χ1) is 9.49. The summed E-state index contributed by atoms with van der Waals surface area (Å²) in [5.74, 6) is -0.962. The molecule has 0 aromatic heterocycles. The minimum atomic E-state index is -0.962. The SMILES string of the molecule is Cc1ccc(/C(=C/c2c(C)cccc2N)C(=O)O)cc1. The zero-order valence-electron chi connectivity index (χ0n) is 11.6. The van der Waals surface area contributed by atoms with E-state index in [4.69, 9.17) is 5.73 Å². The average Bonchev–Trinajstić information content (AvgIpc) is 2.39. The lowest BCUT2D eigenvalue weighted by Gasteiger charge is -2.08. The number of nitrogen functional groups attached to an aromatic ring is 1. The second-order valence-electron chi connectivity index (χ2n) is 4.81. The second kappa shape index (κ2) is 5.61. The number of nitrogens with two attached hydrogens (primary N) is 1. The number of hydrogen-bond donors (Lipinski definition) is 2. The molecule has 0 saturated heterocycles. The lowest BCUT2D eigenvalue weighted by molar-refractivity contribution is -0.130. The third-order valence-corrected chi connectivity index (χ3v) is 3.24. The summed E-state index contributed by atoms with van der Waals surface area (Å²) in [6.07, 6.45) is 1.64. The van der Waals surface area contributed by atoms with E-state index >= 15 is 0 Å². The second-order valence-corrected chi connectivity index (χ2v) is 4.81. The molecule has 3 heteroatoms. The van der Waals surface area contributed by atoms with Crippen molar-refractivity contribution in [2.45, 2.75) is 13.8 Å². The molecule has 2 rings (SSSR count). The molecule has 102 valence electrons. The number of carboxylic acid groups (broad SMARTS) is 1. The van der Waals surface area contributed by atoms with Crippen LogP contribution in [0.3, 0.4) is 0 Å². The Balaban J connectivity index is 2.56. The van der Waals surface area contributed by atoms with Gasteiger partial charge in [0.1, 0.15) is 0 Å². The van der Waals surface area contributed by atoms with Gasteiger partial charge in [0, 0.05) is 11.3 Å². The summed E-state index contributed by atoms with van der Waals surface area (Å²) < 4.78 is 0. The van der Waals surface area contributed by atoms with Crippen LogP contribution in [0, 0.1) is 13.8 Å². The maximum Gasteiger partial charge on any atom is 0.336 e. The zero-order chi connectivity index (χ0) is 14.7. The van der Waals surface area contributed by atoms with Gasteiger partial charge in [-0.1, -0.05) is 42.0 Å². The fourth-order valence-corrected chi connectivity index (χ4v) is 2.05. The van der Waals surface area contributed by atoms with E-state index in [0.717, 1.165) is 16.7 Å². The van der Waals surface area contributed by atoms with Crippen molar-refractivity contribution in [3.05, 3.63) is 64.7 Å². The molecule has 0 heterocycles. The molecule has 20 heavy (non-hydrogen) atoms. The van der Waals surface area contributed by atoms with Crippen LogP contribution < -0.4 is 5.73 Å². The molecule has 3 N–H and O–H groups in total. The minimum absolute atomic E-state index is 0.242. The molecule has 0 amide bonds. The summed E-state index contributed by atoms with van der Waals surface area (Å²) in [6, 6.07) is 13.0. The standard InChI is InChI=1S/C17H17NO2/c1-11-6-8-13(9-7-11)15(17(19)20)10-14-12(2)4-3-5-16(14)18/h3-10H,18H2,1-2H3,(H,19,20)/b15-10-. The van der Waals surface area contributed by atoms with Gasteiger partial charge in [-0.3, -0.25) is 0 Å². The molecule has 2 aromatic carbocycles. The van der Waals surface area contributed by atoms with Crippen LogP contribution in [0.4, 0.5) is 5.69 Å². The fourth-order valence-electron chi connectivity index (χ4n) is 2.05.